The molecule has 0 aliphatic carbocycles. The predicted molar refractivity (Wildman–Crippen MR) is 92.6 cm³/mol. The van der Waals surface area contributed by atoms with E-state index in [1.165, 1.54) is 0 Å². The van der Waals surface area contributed by atoms with Gasteiger partial charge in [-0.05, 0) is 24.3 Å². The van der Waals surface area contributed by atoms with Crippen molar-refractivity contribution in [2.24, 2.45) is 0 Å². The normalized spacial score (nSPS) is 17.0. The van der Waals surface area contributed by atoms with Gasteiger partial charge in [-0.2, -0.15) is 5.10 Å². The monoisotopic (exact) mass is 357 g/mol. The predicted octanol–water partition coefficient (Wildman–Crippen LogP) is -0.0712. The summed E-state index contributed by atoms with van der Waals surface area (Å²) in [6, 6.07) is 6.90. The molecule has 0 spiro atoms. The standard InChI is InChI=1S/C17H19N5O4/c23-9-15(24)14-6-11-8-21(3-4-22(11)20-14)17(26)10-1-2-12-13(5-10)19-16(25)7-18-12/h1-2,5-6,15,18,23-24H,3-4,7-9H2,(H,19,25). The van der Waals surface area contributed by atoms with Gasteiger partial charge in [0, 0.05) is 12.1 Å². The number of hydrogen-bond donors (Lipinski definition) is 4. The number of aliphatic hydroxyl groups is 2. The fourth-order valence-corrected chi connectivity index (χ4v) is 3.21. The van der Waals surface area contributed by atoms with E-state index in [1.54, 1.807) is 33.8 Å². The fourth-order valence-electron chi connectivity index (χ4n) is 3.21. The number of amides is 2. The molecule has 9 nitrogen and oxygen atoms in total. The third-order valence-electron chi connectivity index (χ3n) is 4.60. The lowest BCUT2D eigenvalue weighted by Gasteiger charge is -2.28. The lowest BCUT2D eigenvalue weighted by Crippen LogP contribution is -2.38. The van der Waals surface area contributed by atoms with Crippen molar-refractivity contribution < 1.29 is 19.8 Å². The zero-order valence-corrected chi connectivity index (χ0v) is 14.0. The molecule has 9 heteroatoms. The Hall–Kier alpha value is -2.91. The van der Waals surface area contributed by atoms with Crippen LogP contribution in [0.5, 0.6) is 0 Å². The summed E-state index contributed by atoms with van der Waals surface area (Å²) in [6.07, 6.45) is -1.02. The van der Waals surface area contributed by atoms with Crippen LogP contribution in [0.2, 0.25) is 0 Å². The van der Waals surface area contributed by atoms with Crippen LogP contribution < -0.4 is 10.6 Å². The molecule has 0 radical (unpaired) electrons. The minimum Gasteiger partial charge on any atom is -0.393 e. The smallest absolute Gasteiger partial charge is 0.254 e. The van der Waals surface area contributed by atoms with Crippen molar-refractivity contribution in [2.75, 3.05) is 30.3 Å². The Bertz CT molecular complexity index is 878. The van der Waals surface area contributed by atoms with Crippen LogP contribution in [-0.2, 0) is 17.9 Å². The maximum atomic E-state index is 12.8. The van der Waals surface area contributed by atoms with E-state index in [1.807, 2.05) is 0 Å². The molecule has 4 rings (SSSR count). The van der Waals surface area contributed by atoms with Crippen molar-refractivity contribution in [3.05, 3.63) is 41.2 Å². The average molecular weight is 357 g/mol. The maximum Gasteiger partial charge on any atom is 0.254 e. The Kier molecular flexibility index (Phi) is 4.09. The number of nitrogens with zero attached hydrogens (tertiary/aromatic N) is 3. The molecule has 3 heterocycles. The molecule has 1 aromatic heterocycles. The quantitative estimate of drug-likeness (QED) is 0.610. The van der Waals surface area contributed by atoms with Crippen LogP contribution in [0.25, 0.3) is 0 Å². The van der Waals surface area contributed by atoms with E-state index >= 15 is 0 Å². The van der Waals surface area contributed by atoms with Gasteiger partial charge in [0.25, 0.3) is 5.91 Å². The summed E-state index contributed by atoms with van der Waals surface area (Å²) in [5, 5.41) is 28.8. The molecular formula is C17H19N5O4. The number of aromatic nitrogens is 2. The molecular weight excluding hydrogens is 338 g/mol. The Morgan fingerprint density at radius 3 is 2.92 bits per heavy atom. The zero-order chi connectivity index (χ0) is 18.3. The summed E-state index contributed by atoms with van der Waals surface area (Å²) < 4.78 is 1.75. The van der Waals surface area contributed by atoms with Gasteiger partial charge in [-0.15, -0.1) is 0 Å². The van der Waals surface area contributed by atoms with Gasteiger partial charge in [-0.3, -0.25) is 14.3 Å². The lowest BCUT2D eigenvalue weighted by atomic mass is 10.1. The number of aliphatic hydroxyl groups excluding tert-OH is 2. The number of anilines is 2. The van der Waals surface area contributed by atoms with Gasteiger partial charge in [0.15, 0.2) is 0 Å². The first kappa shape index (κ1) is 16.6. The molecule has 0 bridgehead atoms. The lowest BCUT2D eigenvalue weighted by molar-refractivity contribution is -0.114. The molecule has 26 heavy (non-hydrogen) atoms. The maximum absolute atomic E-state index is 12.8. The number of rotatable bonds is 3. The fraction of sp³-hybridized carbons (Fsp3) is 0.353. The van der Waals surface area contributed by atoms with Gasteiger partial charge < -0.3 is 25.7 Å². The Morgan fingerprint density at radius 1 is 1.27 bits per heavy atom. The van der Waals surface area contributed by atoms with Crippen LogP contribution in [0.3, 0.4) is 0 Å². The Labute approximate surface area is 149 Å². The van der Waals surface area contributed by atoms with Gasteiger partial charge in [0.1, 0.15) is 6.10 Å². The summed E-state index contributed by atoms with van der Waals surface area (Å²) >= 11 is 0. The van der Waals surface area contributed by atoms with Gasteiger partial charge in [-0.1, -0.05) is 0 Å². The van der Waals surface area contributed by atoms with Crippen LogP contribution in [0.4, 0.5) is 11.4 Å². The summed E-state index contributed by atoms with van der Waals surface area (Å²) in [5.74, 6) is -0.275. The van der Waals surface area contributed by atoms with E-state index in [-0.39, 0.29) is 18.4 Å². The highest BCUT2D eigenvalue weighted by atomic mass is 16.3. The number of carbonyl (C=O) groups excluding carboxylic acids is 2. The molecule has 1 unspecified atom stereocenters. The molecule has 2 aliphatic heterocycles. The number of fused-ring (bicyclic) bond motifs is 2. The van der Waals surface area contributed by atoms with E-state index in [9.17, 15) is 14.7 Å². The molecule has 1 aromatic carbocycles. The SMILES string of the molecule is O=C1CNc2ccc(C(=O)N3CCn4nc(C(O)CO)cc4C3)cc2N1. The first-order valence-electron chi connectivity index (χ1n) is 8.38. The van der Waals surface area contributed by atoms with E-state index < -0.39 is 12.7 Å². The number of nitrogens with one attached hydrogen (secondary N) is 2. The first-order chi connectivity index (χ1) is 12.5. The van der Waals surface area contributed by atoms with Crippen molar-refractivity contribution >= 4 is 23.2 Å². The molecule has 0 fully saturated rings. The van der Waals surface area contributed by atoms with Crippen molar-refractivity contribution in [1.29, 1.82) is 0 Å². The molecule has 2 aromatic rings. The van der Waals surface area contributed by atoms with Crippen LogP contribution in [-0.4, -0.2) is 56.4 Å². The number of carbonyl (C=O) groups is 2. The van der Waals surface area contributed by atoms with Crippen LogP contribution >= 0.6 is 0 Å². The van der Waals surface area contributed by atoms with Crippen LogP contribution in [0.1, 0.15) is 27.8 Å². The molecule has 0 saturated carbocycles. The minimum absolute atomic E-state index is 0.135. The zero-order valence-electron chi connectivity index (χ0n) is 14.0. The largest absolute Gasteiger partial charge is 0.393 e. The van der Waals surface area contributed by atoms with Crippen molar-refractivity contribution in [3.8, 4) is 0 Å². The summed E-state index contributed by atoms with van der Waals surface area (Å²) in [4.78, 5) is 26.1. The first-order valence-corrected chi connectivity index (χ1v) is 8.38. The molecule has 4 N–H and O–H groups in total. The topological polar surface area (TPSA) is 120 Å². The van der Waals surface area contributed by atoms with E-state index in [4.69, 9.17) is 5.11 Å². The molecule has 136 valence electrons. The molecule has 1 atom stereocenters. The Balaban J connectivity index is 1.53. The second kappa shape index (κ2) is 6.43. The third-order valence-corrected chi connectivity index (χ3v) is 4.60. The molecule has 2 aliphatic rings. The van der Waals surface area contributed by atoms with Crippen molar-refractivity contribution in [2.45, 2.75) is 19.2 Å². The average Bonchev–Trinajstić information content (AvgIpc) is 3.09. The van der Waals surface area contributed by atoms with Crippen molar-refractivity contribution in [3.63, 3.8) is 0 Å². The number of hydrogen-bond acceptors (Lipinski definition) is 6. The van der Waals surface area contributed by atoms with E-state index in [0.29, 0.717) is 36.6 Å². The van der Waals surface area contributed by atoms with Crippen LogP contribution in [0.15, 0.2) is 24.3 Å². The highest BCUT2D eigenvalue weighted by molar-refractivity contribution is 6.03. The van der Waals surface area contributed by atoms with Gasteiger partial charge in [-0.25, -0.2) is 0 Å². The summed E-state index contributed by atoms with van der Waals surface area (Å²) in [6.45, 7) is 1.20. The second-order valence-corrected chi connectivity index (χ2v) is 6.37. The van der Waals surface area contributed by atoms with E-state index in [2.05, 4.69) is 15.7 Å². The van der Waals surface area contributed by atoms with Crippen molar-refractivity contribution in [1.82, 2.24) is 14.7 Å². The summed E-state index contributed by atoms with van der Waals surface area (Å²) in [7, 11) is 0. The molecule has 0 saturated heterocycles. The van der Waals surface area contributed by atoms with Gasteiger partial charge in [0.2, 0.25) is 5.91 Å². The molecule has 2 amide bonds. The minimum atomic E-state index is -1.02. The highest BCUT2D eigenvalue weighted by Gasteiger charge is 2.25. The Morgan fingerprint density at radius 2 is 2.12 bits per heavy atom. The van der Waals surface area contributed by atoms with Gasteiger partial charge >= 0.3 is 0 Å². The second-order valence-electron chi connectivity index (χ2n) is 6.37. The number of benzene rings is 1. The van der Waals surface area contributed by atoms with Gasteiger partial charge in [0.05, 0.1) is 49.0 Å². The summed E-state index contributed by atoms with van der Waals surface area (Å²) in [5.41, 5.74) is 3.10. The highest BCUT2D eigenvalue weighted by Crippen LogP contribution is 2.27. The third kappa shape index (κ3) is 2.91. The van der Waals surface area contributed by atoms with E-state index in [0.717, 1.165) is 11.4 Å². The van der Waals surface area contributed by atoms with Crippen LogP contribution in [0, 0.1) is 0 Å².